The van der Waals surface area contributed by atoms with Crippen LogP contribution in [0.2, 0.25) is 0 Å². The van der Waals surface area contributed by atoms with Crippen LogP contribution in [0, 0.1) is 0 Å². The lowest BCUT2D eigenvalue weighted by molar-refractivity contribution is -0.116. The number of aromatic hydroxyl groups is 1. The van der Waals surface area contributed by atoms with Crippen LogP contribution in [0.1, 0.15) is 0 Å². The first-order chi connectivity index (χ1) is 10.6. The third-order valence-electron chi connectivity index (χ3n) is 3.22. The number of nitrogens with one attached hydrogen (secondary N) is 1. The van der Waals surface area contributed by atoms with Gasteiger partial charge in [-0.25, -0.2) is 4.98 Å². The van der Waals surface area contributed by atoms with E-state index in [1.165, 1.54) is 17.0 Å². The molecule has 1 aromatic heterocycles. The van der Waals surface area contributed by atoms with E-state index >= 15 is 0 Å². The van der Waals surface area contributed by atoms with Gasteiger partial charge in [-0.05, 0) is 24.3 Å². The smallest absolute Gasteiger partial charge is 0.261 e. The molecule has 2 aromatic carbocycles. The maximum atomic E-state index is 12.3. The zero-order chi connectivity index (χ0) is 15.5. The van der Waals surface area contributed by atoms with Gasteiger partial charge in [0.15, 0.2) is 0 Å². The van der Waals surface area contributed by atoms with E-state index in [1.54, 1.807) is 42.5 Å². The average Bonchev–Trinajstić information content (AvgIpc) is 2.53. The summed E-state index contributed by atoms with van der Waals surface area (Å²) in [5.74, 6) is -0.444. The molecule has 0 fully saturated rings. The highest BCUT2D eigenvalue weighted by Crippen LogP contribution is 2.21. The lowest BCUT2D eigenvalue weighted by Gasteiger charge is -2.09. The predicted molar refractivity (Wildman–Crippen MR) is 82.7 cm³/mol. The molecular formula is C16H13N3O3. The minimum atomic E-state index is -0.416. The van der Waals surface area contributed by atoms with E-state index in [-0.39, 0.29) is 17.9 Å². The van der Waals surface area contributed by atoms with E-state index in [1.807, 2.05) is 0 Å². The highest BCUT2D eigenvalue weighted by molar-refractivity contribution is 5.92. The van der Waals surface area contributed by atoms with Gasteiger partial charge in [-0.1, -0.05) is 24.3 Å². The normalized spacial score (nSPS) is 10.5. The van der Waals surface area contributed by atoms with Crippen molar-refractivity contribution in [2.75, 3.05) is 5.32 Å². The first kappa shape index (κ1) is 13.8. The van der Waals surface area contributed by atoms with Crippen molar-refractivity contribution in [1.29, 1.82) is 0 Å². The maximum absolute atomic E-state index is 12.3. The van der Waals surface area contributed by atoms with Crippen LogP contribution >= 0.6 is 0 Å². The quantitative estimate of drug-likeness (QED) is 0.721. The zero-order valence-electron chi connectivity index (χ0n) is 11.6. The zero-order valence-corrected chi connectivity index (χ0v) is 11.6. The highest BCUT2D eigenvalue weighted by Gasteiger charge is 2.09. The number of para-hydroxylation sites is 3. The van der Waals surface area contributed by atoms with E-state index in [9.17, 15) is 14.7 Å². The number of carbonyl (C=O) groups excluding carboxylic acids is 1. The maximum Gasteiger partial charge on any atom is 0.261 e. The minimum absolute atomic E-state index is 0.0279. The van der Waals surface area contributed by atoms with Crippen molar-refractivity contribution in [3.63, 3.8) is 0 Å². The molecule has 0 unspecified atom stereocenters. The molecule has 6 heteroatoms. The topological polar surface area (TPSA) is 84.2 Å². The van der Waals surface area contributed by atoms with Gasteiger partial charge in [-0.3, -0.25) is 14.2 Å². The summed E-state index contributed by atoms with van der Waals surface area (Å²) in [6, 6.07) is 13.4. The molecule has 0 bridgehead atoms. The summed E-state index contributed by atoms with van der Waals surface area (Å²) in [4.78, 5) is 28.4. The lowest BCUT2D eigenvalue weighted by Crippen LogP contribution is -2.27. The van der Waals surface area contributed by atoms with Crippen molar-refractivity contribution in [1.82, 2.24) is 9.55 Å². The Morgan fingerprint density at radius 3 is 2.68 bits per heavy atom. The Kier molecular flexibility index (Phi) is 3.57. The predicted octanol–water partition coefficient (Wildman–Crippen LogP) is 1.74. The number of rotatable bonds is 3. The van der Waals surface area contributed by atoms with Crippen LogP contribution in [-0.2, 0) is 11.3 Å². The molecule has 1 heterocycles. The third-order valence-corrected chi connectivity index (χ3v) is 3.22. The summed E-state index contributed by atoms with van der Waals surface area (Å²) in [6.45, 7) is -0.176. The molecule has 1 amide bonds. The highest BCUT2D eigenvalue weighted by atomic mass is 16.3. The van der Waals surface area contributed by atoms with Gasteiger partial charge in [0, 0.05) is 0 Å². The van der Waals surface area contributed by atoms with Crippen LogP contribution in [-0.4, -0.2) is 20.6 Å². The number of carbonyl (C=O) groups is 1. The van der Waals surface area contributed by atoms with Gasteiger partial charge >= 0.3 is 0 Å². The SMILES string of the molecule is O=C(Cn1cnc2ccccc2c1=O)Nc1ccccc1O. The van der Waals surface area contributed by atoms with Gasteiger partial charge in [0.25, 0.3) is 5.56 Å². The molecular weight excluding hydrogens is 282 g/mol. The van der Waals surface area contributed by atoms with Crippen molar-refractivity contribution in [2.45, 2.75) is 6.54 Å². The number of phenolic OH excluding ortho intramolecular Hbond substituents is 1. The van der Waals surface area contributed by atoms with Gasteiger partial charge in [-0.2, -0.15) is 0 Å². The van der Waals surface area contributed by atoms with Gasteiger partial charge in [0.2, 0.25) is 5.91 Å². The Bertz CT molecular complexity index is 902. The molecule has 0 saturated carbocycles. The summed E-state index contributed by atoms with van der Waals surface area (Å²) < 4.78 is 1.23. The fourth-order valence-corrected chi connectivity index (χ4v) is 2.14. The number of nitrogens with zero attached hydrogens (tertiary/aromatic N) is 2. The van der Waals surface area contributed by atoms with Crippen molar-refractivity contribution < 1.29 is 9.90 Å². The molecule has 22 heavy (non-hydrogen) atoms. The largest absolute Gasteiger partial charge is 0.506 e. The molecule has 0 atom stereocenters. The number of anilines is 1. The van der Waals surface area contributed by atoms with Crippen molar-refractivity contribution in [3.8, 4) is 5.75 Å². The first-order valence-electron chi connectivity index (χ1n) is 6.67. The standard InChI is InChI=1S/C16H13N3O3/c20-14-8-4-3-7-13(14)18-15(21)9-19-10-17-12-6-2-1-5-11(12)16(19)22/h1-8,10,20H,9H2,(H,18,21). The van der Waals surface area contributed by atoms with Crippen LogP contribution in [0.3, 0.4) is 0 Å². The number of phenols is 1. The van der Waals surface area contributed by atoms with Crippen molar-refractivity contribution >= 4 is 22.5 Å². The molecule has 110 valence electrons. The number of amides is 1. The number of hydrogen-bond acceptors (Lipinski definition) is 4. The monoisotopic (exact) mass is 295 g/mol. The molecule has 3 rings (SSSR count). The Morgan fingerprint density at radius 1 is 1.14 bits per heavy atom. The third kappa shape index (κ3) is 2.67. The molecule has 0 aliphatic rings. The molecule has 0 aliphatic carbocycles. The summed E-state index contributed by atoms with van der Waals surface area (Å²) in [5.41, 5.74) is 0.609. The molecule has 6 nitrogen and oxygen atoms in total. The van der Waals surface area contributed by atoms with Crippen molar-refractivity contribution in [2.24, 2.45) is 0 Å². The van der Waals surface area contributed by atoms with Crippen LogP contribution < -0.4 is 10.9 Å². The van der Waals surface area contributed by atoms with Crippen LogP contribution in [0.4, 0.5) is 5.69 Å². The summed E-state index contributed by atoms with van der Waals surface area (Å²) in [6.07, 6.45) is 1.34. The van der Waals surface area contributed by atoms with Gasteiger partial charge in [0.1, 0.15) is 12.3 Å². The van der Waals surface area contributed by atoms with E-state index in [0.29, 0.717) is 16.6 Å². The summed E-state index contributed by atoms with van der Waals surface area (Å²) in [7, 11) is 0. The second kappa shape index (κ2) is 5.69. The summed E-state index contributed by atoms with van der Waals surface area (Å²) in [5, 5.41) is 12.6. The Labute approximate surface area is 125 Å². The van der Waals surface area contributed by atoms with E-state index in [2.05, 4.69) is 10.3 Å². The minimum Gasteiger partial charge on any atom is -0.506 e. The Balaban J connectivity index is 1.84. The molecule has 0 aliphatic heterocycles. The first-order valence-corrected chi connectivity index (χ1v) is 6.67. The van der Waals surface area contributed by atoms with E-state index < -0.39 is 5.91 Å². The number of fused-ring (bicyclic) bond motifs is 1. The number of hydrogen-bond donors (Lipinski definition) is 2. The molecule has 2 N–H and O–H groups in total. The summed E-state index contributed by atoms with van der Waals surface area (Å²) >= 11 is 0. The Hall–Kier alpha value is -3.15. The number of benzene rings is 2. The lowest BCUT2D eigenvalue weighted by atomic mass is 10.2. The molecule has 3 aromatic rings. The van der Waals surface area contributed by atoms with Gasteiger partial charge < -0.3 is 10.4 Å². The van der Waals surface area contributed by atoms with Gasteiger partial charge in [-0.15, -0.1) is 0 Å². The fraction of sp³-hybridized carbons (Fsp3) is 0.0625. The molecule has 0 spiro atoms. The second-order valence-electron chi connectivity index (χ2n) is 4.76. The second-order valence-corrected chi connectivity index (χ2v) is 4.76. The Morgan fingerprint density at radius 2 is 1.86 bits per heavy atom. The van der Waals surface area contributed by atoms with Crippen LogP contribution in [0.25, 0.3) is 10.9 Å². The van der Waals surface area contributed by atoms with Crippen LogP contribution in [0.15, 0.2) is 59.7 Å². The number of aromatic nitrogens is 2. The molecule has 0 saturated heterocycles. The molecule has 0 radical (unpaired) electrons. The average molecular weight is 295 g/mol. The van der Waals surface area contributed by atoms with E-state index in [0.717, 1.165) is 0 Å². The van der Waals surface area contributed by atoms with Gasteiger partial charge in [0.05, 0.1) is 22.9 Å². The van der Waals surface area contributed by atoms with Crippen molar-refractivity contribution in [3.05, 3.63) is 65.2 Å². The fourth-order valence-electron chi connectivity index (χ4n) is 2.14. The van der Waals surface area contributed by atoms with E-state index in [4.69, 9.17) is 0 Å². The van der Waals surface area contributed by atoms with Crippen LogP contribution in [0.5, 0.6) is 5.75 Å².